The number of hydrogen-bond donors (Lipinski definition) is 2. The van der Waals surface area contributed by atoms with Gasteiger partial charge in [0.15, 0.2) is 5.16 Å². The predicted molar refractivity (Wildman–Crippen MR) is 73.6 cm³/mol. The molecule has 0 aliphatic heterocycles. The van der Waals surface area contributed by atoms with E-state index in [1.165, 1.54) is 30.4 Å². The molecule has 1 heterocycles. The molecule has 1 aromatic rings. The molecule has 0 aromatic carbocycles. The largest absolute Gasteiger partial charge is 0.467 e. The average molecular weight is 302 g/mol. The molecule has 2 N–H and O–H groups in total. The predicted octanol–water partition coefficient (Wildman–Crippen LogP) is -0.0779. The minimum absolute atomic E-state index is 0.0545. The lowest BCUT2D eigenvalue weighted by Gasteiger charge is -2.15. The number of hydrogen-bond acceptors (Lipinski definition) is 6. The van der Waals surface area contributed by atoms with Crippen molar-refractivity contribution < 1.29 is 14.3 Å². The van der Waals surface area contributed by atoms with E-state index in [9.17, 15) is 14.4 Å². The summed E-state index contributed by atoms with van der Waals surface area (Å²) < 4.78 is 6.10. The van der Waals surface area contributed by atoms with Gasteiger partial charge in [0.2, 0.25) is 5.91 Å². The van der Waals surface area contributed by atoms with Crippen LogP contribution in [0.3, 0.4) is 0 Å². The van der Waals surface area contributed by atoms with E-state index < -0.39 is 12.0 Å². The van der Waals surface area contributed by atoms with Crippen LogP contribution in [0.1, 0.15) is 26.8 Å². The minimum atomic E-state index is -0.782. The topological polar surface area (TPSA) is 106 Å². The first-order chi connectivity index (χ1) is 9.36. The summed E-state index contributed by atoms with van der Waals surface area (Å²) in [5, 5.41) is 9.22. The highest BCUT2D eigenvalue weighted by Gasteiger charge is 2.22. The molecule has 0 saturated carbocycles. The zero-order valence-corrected chi connectivity index (χ0v) is 12.6. The van der Waals surface area contributed by atoms with E-state index >= 15 is 0 Å². The second-order valence-corrected chi connectivity index (χ2v) is 5.35. The molecule has 20 heavy (non-hydrogen) atoms. The maximum Gasteiger partial charge on any atom is 0.344 e. The van der Waals surface area contributed by atoms with E-state index in [1.54, 1.807) is 0 Å². The molecule has 112 valence electrons. The van der Waals surface area contributed by atoms with Crippen LogP contribution in [0.15, 0.2) is 9.95 Å². The van der Waals surface area contributed by atoms with Gasteiger partial charge < -0.3 is 10.1 Å². The standard InChI is InChI=1S/C11H18N4O4S/c1-6(2)15-10(18)13-14-11(15)20-5-8(9(17)19-4)12-7(3)16/h6,8H,5H2,1-4H3,(H,12,16)(H,13,18). The molecular weight excluding hydrogens is 284 g/mol. The Kier molecular flexibility index (Phi) is 5.81. The number of esters is 1. The molecule has 0 bridgehead atoms. The van der Waals surface area contributed by atoms with Crippen molar-refractivity contribution in [3.05, 3.63) is 10.5 Å². The molecule has 0 spiro atoms. The van der Waals surface area contributed by atoms with Gasteiger partial charge in [-0.2, -0.15) is 0 Å². The molecule has 9 heteroatoms. The van der Waals surface area contributed by atoms with Gasteiger partial charge in [-0.15, -0.1) is 5.10 Å². The Labute approximate surface area is 120 Å². The summed E-state index contributed by atoms with van der Waals surface area (Å²) in [5.41, 5.74) is -0.309. The van der Waals surface area contributed by atoms with Crippen molar-refractivity contribution in [1.29, 1.82) is 0 Å². The Bertz CT molecular complexity index is 537. The van der Waals surface area contributed by atoms with Gasteiger partial charge in [-0.1, -0.05) is 11.8 Å². The maximum absolute atomic E-state index is 11.6. The van der Waals surface area contributed by atoms with Gasteiger partial charge in [-0.05, 0) is 13.8 Å². The van der Waals surface area contributed by atoms with E-state index in [2.05, 4.69) is 20.3 Å². The number of H-pyrrole nitrogens is 1. The van der Waals surface area contributed by atoms with Crippen LogP contribution in [0.25, 0.3) is 0 Å². The summed E-state index contributed by atoms with van der Waals surface area (Å²) in [4.78, 5) is 34.2. The first kappa shape index (κ1) is 16.3. The number of aromatic nitrogens is 3. The Balaban J connectivity index is 2.80. The van der Waals surface area contributed by atoms with E-state index in [-0.39, 0.29) is 23.4 Å². The summed E-state index contributed by atoms with van der Waals surface area (Å²) in [5.74, 6) is -0.644. The van der Waals surface area contributed by atoms with Crippen LogP contribution in [0.4, 0.5) is 0 Å². The molecule has 0 saturated heterocycles. The number of aromatic amines is 1. The second kappa shape index (κ2) is 7.13. The van der Waals surface area contributed by atoms with E-state index in [0.29, 0.717) is 5.16 Å². The maximum atomic E-state index is 11.6. The molecule has 8 nitrogen and oxygen atoms in total. The molecule has 0 radical (unpaired) electrons. The van der Waals surface area contributed by atoms with Crippen molar-refractivity contribution in [2.24, 2.45) is 0 Å². The number of nitrogens with zero attached hydrogens (tertiary/aromatic N) is 2. The van der Waals surface area contributed by atoms with Crippen LogP contribution in [-0.2, 0) is 14.3 Å². The first-order valence-corrected chi connectivity index (χ1v) is 7.00. The fourth-order valence-corrected chi connectivity index (χ4v) is 2.64. The zero-order chi connectivity index (χ0) is 15.3. The van der Waals surface area contributed by atoms with Gasteiger partial charge in [-0.3, -0.25) is 9.36 Å². The summed E-state index contributed by atoms with van der Waals surface area (Å²) in [6.45, 7) is 5.03. The Morgan fingerprint density at radius 1 is 1.50 bits per heavy atom. The lowest BCUT2D eigenvalue weighted by Crippen LogP contribution is -2.42. The molecule has 0 aliphatic rings. The number of carbonyl (C=O) groups excluding carboxylic acids is 2. The van der Waals surface area contributed by atoms with Crippen molar-refractivity contribution in [2.75, 3.05) is 12.9 Å². The number of nitrogens with one attached hydrogen (secondary N) is 2. The Morgan fingerprint density at radius 3 is 2.65 bits per heavy atom. The van der Waals surface area contributed by atoms with Gasteiger partial charge in [0.05, 0.1) is 7.11 Å². The van der Waals surface area contributed by atoms with Gasteiger partial charge in [0, 0.05) is 18.7 Å². The summed E-state index contributed by atoms with van der Waals surface area (Å²) >= 11 is 1.20. The number of rotatable bonds is 6. The monoisotopic (exact) mass is 302 g/mol. The van der Waals surface area contributed by atoms with Crippen LogP contribution in [0.5, 0.6) is 0 Å². The fourth-order valence-electron chi connectivity index (χ4n) is 1.56. The SMILES string of the molecule is COC(=O)C(CSc1n[nH]c(=O)n1C(C)C)NC(C)=O. The van der Waals surface area contributed by atoms with Crippen LogP contribution in [-0.4, -0.2) is 45.5 Å². The molecular formula is C11H18N4O4S. The van der Waals surface area contributed by atoms with Gasteiger partial charge in [0.25, 0.3) is 0 Å². The summed E-state index contributed by atoms with van der Waals surface area (Å²) in [6, 6.07) is -0.837. The van der Waals surface area contributed by atoms with E-state index in [4.69, 9.17) is 0 Å². The lowest BCUT2D eigenvalue weighted by molar-refractivity contribution is -0.144. The number of carbonyl (C=O) groups is 2. The third kappa shape index (κ3) is 4.12. The summed E-state index contributed by atoms with van der Waals surface area (Å²) in [6.07, 6.45) is 0. The van der Waals surface area contributed by atoms with Crippen LogP contribution < -0.4 is 11.0 Å². The first-order valence-electron chi connectivity index (χ1n) is 6.01. The zero-order valence-electron chi connectivity index (χ0n) is 11.8. The molecule has 1 aromatic heterocycles. The number of methoxy groups -OCH3 is 1. The molecule has 0 fully saturated rings. The minimum Gasteiger partial charge on any atom is -0.467 e. The number of amides is 1. The van der Waals surface area contributed by atoms with Crippen LogP contribution in [0.2, 0.25) is 0 Å². The van der Waals surface area contributed by atoms with Gasteiger partial charge in [-0.25, -0.2) is 14.7 Å². The Morgan fingerprint density at radius 2 is 2.15 bits per heavy atom. The molecule has 0 aliphatic carbocycles. The van der Waals surface area contributed by atoms with Gasteiger partial charge in [0.1, 0.15) is 6.04 Å². The quantitative estimate of drug-likeness (QED) is 0.562. The molecule has 1 rings (SSSR count). The summed E-state index contributed by atoms with van der Waals surface area (Å²) in [7, 11) is 1.25. The van der Waals surface area contributed by atoms with Crippen molar-refractivity contribution in [3.8, 4) is 0 Å². The second-order valence-electron chi connectivity index (χ2n) is 4.36. The third-order valence-corrected chi connectivity index (χ3v) is 3.48. The van der Waals surface area contributed by atoms with Crippen molar-refractivity contribution in [1.82, 2.24) is 20.1 Å². The van der Waals surface area contributed by atoms with Crippen molar-refractivity contribution in [2.45, 2.75) is 38.0 Å². The fraction of sp³-hybridized carbons (Fsp3) is 0.636. The lowest BCUT2D eigenvalue weighted by atomic mass is 10.3. The third-order valence-electron chi connectivity index (χ3n) is 2.43. The highest BCUT2D eigenvalue weighted by molar-refractivity contribution is 7.99. The Hall–Kier alpha value is -1.77. The smallest absolute Gasteiger partial charge is 0.344 e. The highest BCUT2D eigenvalue weighted by atomic mass is 32.2. The molecule has 1 amide bonds. The van der Waals surface area contributed by atoms with Crippen LogP contribution >= 0.6 is 11.8 Å². The number of thioether (sulfide) groups is 1. The normalized spacial score (nSPS) is 12.2. The van der Waals surface area contributed by atoms with Crippen molar-refractivity contribution in [3.63, 3.8) is 0 Å². The van der Waals surface area contributed by atoms with Crippen LogP contribution in [0, 0.1) is 0 Å². The average Bonchev–Trinajstić information content (AvgIpc) is 2.74. The molecule has 1 atom stereocenters. The highest BCUT2D eigenvalue weighted by Crippen LogP contribution is 2.18. The molecule has 1 unspecified atom stereocenters. The van der Waals surface area contributed by atoms with E-state index in [1.807, 2.05) is 13.8 Å². The van der Waals surface area contributed by atoms with Crippen molar-refractivity contribution >= 4 is 23.6 Å². The number of ether oxygens (including phenoxy) is 1. The van der Waals surface area contributed by atoms with Gasteiger partial charge >= 0.3 is 11.7 Å². The van der Waals surface area contributed by atoms with E-state index in [0.717, 1.165) is 0 Å².